The Labute approximate surface area is 127 Å². The van der Waals surface area contributed by atoms with Crippen molar-refractivity contribution in [1.82, 2.24) is 0 Å². The lowest BCUT2D eigenvalue weighted by Gasteiger charge is -2.08. The minimum atomic E-state index is -1.18. The summed E-state index contributed by atoms with van der Waals surface area (Å²) < 4.78 is 12.4. The summed E-state index contributed by atoms with van der Waals surface area (Å²) in [6.45, 7) is 4.31. The minimum absolute atomic E-state index is 0.447. The first kappa shape index (κ1) is 15.1. The number of rotatable bonds is 4. The normalized spacial score (nSPS) is 12.6. The van der Waals surface area contributed by atoms with Crippen LogP contribution in [-0.4, -0.2) is 4.21 Å². The number of hydrogen-bond acceptors (Lipinski definition) is 2. The molecule has 0 amide bonds. The minimum Gasteiger partial charge on any atom is -0.398 e. The van der Waals surface area contributed by atoms with E-state index in [4.69, 9.17) is 17.3 Å². The van der Waals surface area contributed by atoms with E-state index < -0.39 is 10.8 Å². The Morgan fingerprint density at radius 2 is 1.80 bits per heavy atom. The molecule has 0 saturated carbocycles. The van der Waals surface area contributed by atoms with E-state index in [1.54, 1.807) is 18.2 Å². The highest BCUT2D eigenvalue weighted by Gasteiger charge is 2.10. The maximum Gasteiger partial charge on any atom is 0.0635 e. The zero-order valence-electron chi connectivity index (χ0n) is 11.6. The van der Waals surface area contributed by atoms with Gasteiger partial charge in [0, 0.05) is 10.7 Å². The second-order valence-electron chi connectivity index (χ2n) is 5.07. The summed E-state index contributed by atoms with van der Waals surface area (Å²) in [5.41, 5.74) is 8.69. The molecular formula is C16H18ClNOS. The summed E-state index contributed by atoms with van der Waals surface area (Å²) in [6.07, 6.45) is 0. The number of halogens is 1. The lowest BCUT2D eigenvalue weighted by Crippen LogP contribution is -2.01. The fraction of sp³-hybridized carbons (Fsp3) is 0.250. The first-order valence-electron chi connectivity index (χ1n) is 6.49. The fourth-order valence-electron chi connectivity index (χ4n) is 1.93. The van der Waals surface area contributed by atoms with Crippen LogP contribution in [0.15, 0.2) is 47.4 Å². The SMILES string of the molecule is CC(C)c1ccc(CS(=O)c2cc(Cl)ccc2N)cc1. The topological polar surface area (TPSA) is 43.1 Å². The number of hydrogen-bond donors (Lipinski definition) is 1. The third-order valence-corrected chi connectivity index (χ3v) is 4.84. The summed E-state index contributed by atoms with van der Waals surface area (Å²) in [6, 6.07) is 13.3. The first-order valence-corrected chi connectivity index (χ1v) is 8.19. The molecule has 0 aliphatic carbocycles. The molecule has 0 aliphatic heterocycles. The Morgan fingerprint density at radius 3 is 2.40 bits per heavy atom. The quantitative estimate of drug-likeness (QED) is 0.853. The molecule has 0 bridgehead atoms. The number of anilines is 1. The van der Waals surface area contributed by atoms with Crippen molar-refractivity contribution in [3.63, 3.8) is 0 Å². The van der Waals surface area contributed by atoms with Crippen LogP contribution in [0.4, 0.5) is 5.69 Å². The molecule has 0 saturated heterocycles. The second kappa shape index (κ2) is 6.42. The van der Waals surface area contributed by atoms with Crippen LogP contribution >= 0.6 is 11.6 Å². The van der Waals surface area contributed by atoms with Crippen molar-refractivity contribution in [2.75, 3.05) is 5.73 Å². The molecule has 2 N–H and O–H groups in total. The standard InChI is InChI=1S/C16H18ClNOS/c1-11(2)13-5-3-12(4-6-13)10-20(19)16-9-14(17)7-8-15(16)18/h3-9,11H,10,18H2,1-2H3. The molecule has 0 aliphatic rings. The van der Waals surface area contributed by atoms with Gasteiger partial charge < -0.3 is 5.73 Å². The summed E-state index contributed by atoms with van der Waals surface area (Å²) in [7, 11) is -1.18. The van der Waals surface area contributed by atoms with E-state index in [1.165, 1.54) is 5.56 Å². The highest BCUT2D eigenvalue weighted by molar-refractivity contribution is 7.84. The summed E-state index contributed by atoms with van der Waals surface area (Å²) in [5, 5.41) is 0.553. The zero-order chi connectivity index (χ0) is 14.7. The molecule has 2 nitrogen and oxygen atoms in total. The average Bonchev–Trinajstić information content (AvgIpc) is 2.42. The van der Waals surface area contributed by atoms with Crippen molar-refractivity contribution in [2.24, 2.45) is 0 Å². The molecule has 4 heteroatoms. The van der Waals surface area contributed by atoms with E-state index in [1.807, 2.05) is 12.1 Å². The Kier molecular flexibility index (Phi) is 4.84. The molecule has 0 radical (unpaired) electrons. The van der Waals surface area contributed by atoms with E-state index >= 15 is 0 Å². The van der Waals surface area contributed by atoms with Gasteiger partial charge in [-0.05, 0) is 35.2 Å². The largest absolute Gasteiger partial charge is 0.398 e. The van der Waals surface area contributed by atoms with E-state index in [2.05, 4.69) is 26.0 Å². The Bertz CT molecular complexity index is 623. The Hall–Kier alpha value is -1.32. The maximum absolute atomic E-state index is 12.4. The van der Waals surface area contributed by atoms with Gasteiger partial charge in [-0.1, -0.05) is 49.7 Å². The van der Waals surface area contributed by atoms with Gasteiger partial charge >= 0.3 is 0 Å². The summed E-state index contributed by atoms with van der Waals surface area (Å²) in [5.74, 6) is 0.946. The first-order chi connectivity index (χ1) is 9.47. The Balaban J connectivity index is 2.17. The molecule has 2 rings (SSSR count). The number of nitrogen functional groups attached to an aromatic ring is 1. The second-order valence-corrected chi connectivity index (χ2v) is 6.92. The molecule has 20 heavy (non-hydrogen) atoms. The van der Waals surface area contributed by atoms with Crippen LogP contribution in [0.3, 0.4) is 0 Å². The maximum atomic E-state index is 12.4. The van der Waals surface area contributed by atoms with Crippen LogP contribution in [-0.2, 0) is 16.6 Å². The van der Waals surface area contributed by atoms with Gasteiger partial charge in [-0.25, -0.2) is 0 Å². The number of nitrogens with two attached hydrogens (primary N) is 1. The molecule has 106 valence electrons. The van der Waals surface area contributed by atoms with Gasteiger partial charge in [0.2, 0.25) is 0 Å². The number of benzene rings is 2. The average molecular weight is 308 g/mol. The van der Waals surface area contributed by atoms with Crippen LogP contribution in [0.25, 0.3) is 0 Å². The van der Waals surface area contributed by atoms with Crippen molar-refractivity contribution in [2.45, 2.75) is 30.4 Å². The molecule has 0 spiro atoms. The van der Waals surface area contributed by atoms with Gasteiger partial charge in [-0.2, -0.15) is 0 Å². The van der Waals surface area contributed by atoms with Gasteiger partial charge in [0.1, 0.15) is 0 Å². The van der Waals surface area contributed by atoms with Gasteiger partial charge in [-0.15, -0.1) is 0 Å². The molecule has 1 unspecified atom stereocenters. The van der Waals surface area contributed by atoms with Crippen molar-refractivity contribution in [1.29, 1.82) is 0 Å². The van der Waals surface area contributed by atoms with Gasteiger partial charge in [-0.3, -0.25) is 4.21 Å². The summed E-state index contributed by atoms with van der Waals surface area (Å²) >= 11 is 5.93. The third-order valence-electron chi connectivity index (χ3n) is 3.17. The molecule has 2 aromatic rings. The van der Waals surface area contributed by atoms with Crippen LogP contribution < -0.4 is 5.73 Å². The van der Waals surface area contributed by atoms with Crippen molar-refractivity contribution >= 4 is 28.1 Å². The lowest BCUT2D eigenvalue weighted by atomic mass is 10.0. The smallest absolute Gasteiger partial charge is 0.0635 e. The summed E-state index contributed by atoms with van der Waals surface area (Å²) in [4.78, 5) is 0.602. The molecular weight excluding hydrogens is 290 g/mol. The Morgan fingerprint density at radius 1 is 1.15 bits per heavy atom. The molecule has 0 aromatic heterocycles. The molecule has 0 heterocycles. The predicted molar refractivity (Wildman–Crippen MR) is 86.5 cm³/mol. The fourth-order valence-corrected chi connectivity index (χ4v) is 3.41. The van der Waals surface area contributed by atoms with E-state index in [9.17, 15) is 4.21 Å². The van der Waals surface area contributed by atoms with Gasteiger partial charge in [0.15, 0.2) is 0 Å². The monoisotopic (exact) mass is 307 g/mol. The molecule has 2 aromatic carbocycles. The van der Waals surface area contributed by atoms with E-state index in [-0.39, 0.29) is 0 Å². The van der Waals surface area contributed by atoms with Gasteiger partial charge in [0.05, 0.1) is 21.4 Å². The van der Waals surface area contributed by atoms with Crippen LogP contribution in [0.5, 0.6) is 0 Å². The van der Waals surface area contributed by atoms with Crippen LogP contribution in [0, 0.1) is 0 Å². The van der Waals surface area contributed by atoms with Gasteiger partial charge in [0.25, 0.3) is 0 Å². The van der Waals surface area contributed by atoms with Crippen LogP contribution in [0.2, 0.25) is 5.02 Å². The van der Waals surface area contributed by atoms with Crippen molar-refractivity contribution < 1.29 is 4.21 Å². The third kappa shape index (κ3) is 3.62. The highest BCUT2D eigenvalue weighted by atomic mass is 35.5. The lowest BCUT2D eigenvalue weighted by molar-refractivity contribution is 0.683. The zero-order valence-corrected chi connectivity index (χ0v) is 13.2. The predicted octanol–water partition coefficient (Wildman–Crippen LogP) is 4.35. The van der Waals surface area contributed by atoms with Crippen molar-refractivity contribution in [3.05, 3.63) is 58.6 Å². The van der Waals surface area contributed by atoms with Crippen molar-refractivity contribution in [3.8, 4) is 0 Å². The highest BCUT2D eigenvalue weighted by Crippen LogP contribution is 2.24. The molecule has 1 atom stereocenters. The van der Waals surface area contributed by atoms with Crippen LogP contribution in [0.1, 0.15) is 30.9 Å². The van der Waals surface area contributed by atoms with E-state index in [0.717, 1.165) is 5.56 Å². The van der Waals surface area contributed by atoms with E-state index in [0.29, 0.717) is 27.3 Å². The molecule has 0 fully saturated rings.